The predicted molar refractivity (Wildman–Crippen MR) is 66.7 cm³/mol. The van der Waals surface area contributed by atoms with Gasteiger partial charge in [-0.25, -0.2) is 4.31 Å². The Morgan fingerprint density at radius 1 is 1.33 bits per heavy atom. The topological polar surface area (TPSA) is 29.3 Å². The number of piperidine rings is 1. The first kappa shape index (κ1) is 10.8. The Hall–Kier alpha value is -0.670. The van der Waals surface area contributed by atoms with Crippen LogP contribution in [0.15, 0.2) is 29.2 Å². The summed E-state index contributed by atoms with van der Waals surface area (Å²) in [7, 11) is 0. The Kier molecular flexibility index (Phi) is 3.54. The van der Waals surface area contributed by atoms with Crippen molar-refractivity contribution in [3.05, 3.63) is 24.3 Å². The van der Waals surface area contributed by atoms with Gasteiger partial charge in [-0.2, -0.15) is 0 Å². The number of nitrogens with zero attached hydrogens (tertiary/aromatic N) is 1. The molecule has 2 nitrogen and oxygen atoms in total. The standard InChI is InChI=1S/C12H18N2S/c1-10-3-2-8-14(9-10)15-12-6-4-11(13)5-7-12/h4-7,10H,2-3,8-9,13H2,1H3. The van der Waals surface area contributed by atoms with Crippen molar-refractivity contribution in [1.82, 2.24) is 4.31 Å². The Balaban J connectivity index is 1.93. The van der Waals surface area contributed by atoms with Crippen LogP contribution < -0.4 is 5.73 Å². The number of rotatable bonds is 2. The first-order valence-corrected chi connectivity index (χ1v) is 6.30. The van der Waals surface area contributed by atoms with Gasteiger partial charge in [-0.15, -0.1) is 0 Å². The van der Waals surface area contributed by atoms with Gasteiger partial charge in [0, 0.05) is 23.7 Å². The molecule has 1 aliphatic rings. The van der Waals surface area contributed by atoms with Gasteiger partial charge in [0.05, 0.1) is 0 Å². The first-order chi connectivity index (χ1) is 7.24. The van der Waals surface area contributed by atoms with Gasteiger partial charge in [0.15, 0.2) is 0 Å². The Bertz CT molecular complexity index is 310. The summed E-state index contributed by atoms with van der Waals surface area (Å²) in [6.07, 6.45) is 2.70. The van der Waals surface area contributed by atoms with Crippen LogP contribution in [0.5, 0.6) is 0 Å². The highest BCUT2D eigenvalue weighted by atomic mass is 32.2. The predicted octanol–water partition coefficient (Wildman–Crippen LogP) is 3.01. The number of hydrogen-bond acceptors (Lipinski definition) is 3. The normalized spacial score (nSPS) is 22.9. The average molecular weight is 222 g/mol. The quantitative estimate of drug-likeness (QED) is 0.616. The molecule has 1 heterocycles. The van der Waals surface area contributed by atoms with Crippen molar-refractivity contribution < 1.29 is 0 Å². The van der Waals surface area contributed by atoms with Gasteiger partial charge in [-0.05, 0) is 55.0 Å². The highest BCUT2D eigenvalue weighted by Gasteiger charge is 2.16. The highest BCUT2D eigenvalue weighted by molar-refractivity contribution is 7.97. The summed E-state index contributed by atoms with van der Waals surface area (Å²) >= 11 is 1.85. The number of benzene rings is 1. The van der Waals surface area contributed by atoms with Crippen molar-refractivity contribution in [1.29, 1.82) is 0 Å². The summed E-state index contributed by atoms with van der Waals surface area (Å²) in [5.74, 6) is 0.833. The molecule has 2 N–H and O–H groups in total. The van der Waals surface area contributed by atoms with Gasteiger partial charge in [-0.3, -0.25) is 0 Å². The van der Waals surface area contributed by atoms with E-state index in [1.54, 1.807) is 0 Å². The maximum absolute atomic E-state index is 5.66. The Labute approximate surface area is 96.0 Å². The molecule has 3 heteroatoms. The molecule has 0 radical (unpaired) electrons. The highest BCUT2D eigenvalue weighted by Crippen LogP contribution is 2.28. The molecular formula is C12H18N2S. The van der Waals surface area contributed by atoms with Gasteiger partial charge < -0.3 is 5.73 Å². The molecule has 0 amide bonds. The van der Waals surface area contributed by atoms with E-state index in [2.05, 4.69) is 23.4 Å². The maximum Gasteiger partial charge on any atom is 0.0314 e. The minimum Gasteiger partial charge on any atom is -0.399 e. The van der Waals surface area contributed by atoms with Crippen LogP contribution in [0, 0.1) is 5.92 Å². The number of hydrogen-bond donors (Lipinski definition) is 1. The van der Waals surface area contributed by atoms with Crippen LogP contribution in [-0.2, 0) is 0 Å². The van der Waals surface area contributed by atoms with E-state index in [-0.39, 0.29) is 0 Å². The number of nitrogen functional groups attached to an aromatic ring is 1. The number of anilines is 1. The summed E-state index contributed by atoms with van der Waals surface area (Å²) in [5, 5.41) is 0. The van der Waals surface area contributed by atoms with E-state index in [4.69, 9.17) is 5.73 Å². The van der Waals surface area contributed by atoms with Crippen molar-refractivity contribution in [2.75, 3.05) is 18.8 Å². The van der Waals surface area contributed by atoms with Crippen LogP contribution in [0.25, 0.3) is 0 Å². The van der Waals surface area contributed by atoms with Gasteiger partial charge in [0.25, 0.3) is 0 Å². The number of nitrogens with two attached hydrogens (primary N) is 1. The summed E-state index contributed by atoms with van der Waals surface area (Å²) in [6.45, 7) is 4.74. The van der Waals surface area contributed by atoms with Gasteiger partial charge in [-0.1, -0.05) is 6.92 Å². The molecule has 1 aromatic rings. The van der Waals surface area contributed by atoms with Gasteiger partial charge in [0.2, 0.25) is 0 Å². The fourth-order valence-electron chi connectivity index (χ4n) is 1.91. The van der Waals surface area contributed by atoms with E-state index in [0.29, 0.717) is 0 Å². The van der Waals surface area contributed by atoms with Crippen molar-refractivity contribution in [2.24, 2.45) is 5.92 Å². The zero-order chi connectivity index (χ0) is 10.7. The molecule has 1 aliphatic heterocycles. The molecule has 1 fully saturated rings. The molecular weight excluding hydrogens is 204 g/mol. The van der Waals surface area contributed by atoms with Gasteiger partial charge >= 0.3 is 0 Å². The van der Waals surface area contributed by atoms with Crippen LogP contribution in [0.4, 0.5) is 5.69 Å². The Morgan fingerprint density at radius 2 is 2.07 bits per heavy atom. The third kappa shape index (κ3) is 3.14. The van der Waals surface area contributed by atoms with Crippen molar-refractivity contribution in [3.63, 3.8) is 0 Å². The second-order valence-electron chi connectivity index (χ2n) is 4.30. The van der Waals surface area contributed by atoms with Crippen LogP contribution in [-0.4, -0.2) is 17.4 Å². The van der Waals surface area contributed by atoms with Crippen molar-refractivity contribution in [3.8, 4) is 0 Å². The SMILES string of the molecule is CC1CCCN(Sc2ccc(N)cc2)C1. The Morgan fingerprint density at radius 3 is 2.73 bits per heavy atom. The molecule has 0 saturated carbocycles. The lowest BCUT2D eigenvalue weighted by Gasteiger charge is -2.29. The second kappa shape index (κ2) is 4.90. The largest absolute Gasteiger partial charge is 0.399 e. The van der Waals surface area contributed by atoms with Crippen molar-refractivity contribution >= 4 is 17.6 Å². The summed E-state index contributed by atoms with van der Waals surface area (Å²) in [4.78, 5) is 1.29. The zero-order valence-electron chi connectivity index (χ0n) is 9.15. The van der Waals surface area contributed by atoms with E-state index in [9.17, 15) is 0 Å². The third-order valence-corrected chi connectivity index (χ3v) is 3.81. The minimum atomic E-state index is 0.833. The van der Waals surface area contributed by atoms with Crippen LogP contribution in [0.1, 0.15) is 19.8 Å². The molecule has 1 saturated heterocycles. The molecule has 0 spiro atoms. The monoisotopic (exact) mass is 222 g/mol. The van der Waals surface area contributed by atoms with Crippen LogP contribution in [0.2, 0.25) is 0 Å². The van der Waals surface area contributed by atoms with E-state index in [1.165, 1.54) is 30.8 Å². The lowest BCUT2D eigenvalue weighted by Crippen LogP contribution is -2.28. The molecule has 1 atom stereocenters. The van der Waals surface area contributed by atoms with Crippen LogP contribution >= 0.6 is 11.9 Å². The smallest absolute Gasteiger partial charge is 0.0314 e. The lowest BCUT2D eigenvalue weighted by atomic mass is 10.0. The van der Waals surface area contributed by atoms with E-state index < -0.39 is 0 Å². The summed E-state index contributed by atoms with van der Waals surface area (Å²) in [5.41, 5.74) is 6.50. The fourth-order valence-corrected chi connectivity index (χ4v) is 3.01. The molecule has 0 bridgehead atoms. The third-order valence-electron chi connectivity index (χ3n) is 2.73. The summed E-state index contributed by atoms with van der Waals surface area (Å²) < 4.78 is 2.46. The second-order valence-corrected chi connectivity index (χ2v) is 5.47. The fraction of sp³-hybridized carbons (Fsp3) is 0.500. The molecule has 0 aromatic heterocycles. The van der Waals surface area contributed by atoms with E-state index >= 15 is 0 Å². The molecule has 82 valence electrons. The zero-order valence-corrected chi connectivity index (χ0v) is 9.96. The van der Waals surface area contributed by atoms with Crippen LogP contribution in [0.3, 0.4) is 0 Å². The maximum atomic E-state index is 5.66. The molecule has 2 rings (SSSR count). The summed E-state index contributed by atoms with van der Waals surface area (Å²) in [6, 6.07) is 8.13. The van der Waals surface area contributed by atoms with E-state index in [1.807, 2.05) is 24.1 Å². The molecule has 1 unspecified atom stereocenters. The molecule has 0 aliphatic carbocycles. The molecule has 15 heavy (non-hydrogen) atoms. The first-order valence-electron chi connectivity index (χ1n) is 5.52. The minimum absolute atomic E-state index is 0.833. The average Bonchev–Trinajstić information content (AvgIpc) is 2.22. The van der Waals surface area contributed by atoms with Gasteiger partial charge in [0.1, 0.15) is 0 Å². The lowest BCUT2D eigenvalue weighted by molar-refractivity contribution is 0.302. The van der Waals surface area contributed by atoms with E-state index in [0.717, 1.165) is 11.6 Å². The molecule has 1 aromatic carbocycles. The van der Waals surface area contributed by atoms with Crippen molar-refractivity contribution in [2.45, 2.75) is 24.7 Å².